The fourth-order valence-corrected chi connectivity index (χ4v) is 1.91. The molecule has 1 heterocycles. The zero-order chi connectivity index (χ0) is 16.5. The Morgan fingerprint density at radius 2 is 2.00 bits per heavy atom. The number of hydrogen-bond donors (Lipinski definition) is 1. The van der Waals surface area contributed by atoms with Gasteiger partial charge in [0.15, 0.2) is 5.58 Å². The molecule has 1 N–H and O–H groups in total. The van der Waals surface area contributed by atoms with E-state index in [1.54, 1.807) is 20.8 Å². The second-order valence-corrected chi connectivity index (χ2v) is 5.87. The summed E-state index contributed by atoms with van der Waals surface area (Å²) in [5.41, 5.74) is -0.0244. The first-order valence-electron chi connectivity index (χ1n) is 6.38. The highest BCUT2D eigenvalue weighted by molar-refractivity contribution is 6.31. The maximum absolute atomic E-state index is 11.7. The van der Waals surface area contributed by atoms with Crippen LogP contribution in [0.1, 0.15) is 31.1 Å². The minimum Gasteiger partial charge on any atom is -0.465 e. The largest absolute Gasteiger partial charge is 0.465 e. The number of oxazole rings is 1. The van der Waals surface area contributed by atoms with E-state index >= 15 is 0 Å². The molecule has 1 amide bonds. The molecule has 0 atom stereocenters. The molecule has 0 spiro atoms. The van der Waals surface area contributed by atoms with Crippen LogP contribution in [0.4, 0.5) is 10.8 Å². The highest BCUT2D eigenvalue weighted by atomic mass is 35.5. The normalized spacial score (nSPS) is 11.3. The molecular weight excluding hydrogens is 312 g/mol. The summed E-state index contributed by atoms with van der Waals surface area (Å²) in [5.74, 6) is -0.607. The molecule has 0 fully saturated rings. The van der Waals surface area contributed by atoms with E-state index in [1.165, 1.54) is 19.2 Å². The van der Waals surface area contributed by atoms with E-state index in [2.05, 4.69) is 15.0 Å². The average Bonchev–Trinajstić information content (AvgIpc) is 2.76. The number of amides is 1. The molecule has 0 saturated carbocycles. The molecule has 0 aliphatic heterocycles. The monoisotopic (exact) mass is 326 g/mol. The lowest BCUT2D eigenvalue weighted by Crippen LogP contribution is -2.27. The number of benzene rings is 1. The second kappa shape index (κ2) is 5.84. The quantitative estimate of drug-likeness (QED) is 0.848. The van der Waals surface area contributed by atoms with Gasteiger partial charge in [-0.2, -0.15) is 4.98 Å². The molecule has 0 saturated heterocycles. The van der Waals surface area contributed by atoms with Crippen LogP contribution in [0.3, 0.4) is 0 Å². The number of hydrogen-bond acceptors (Lipinski definition) is 6. The standard InChI is InChI=1S/C14H15ClN2O5/c1-14(2,3)22-13(19)17-12-16-10-8(11(18)20-4)5-7(15)6-9(10)21-12/h5-6H,1-4H3,(H,16,17,19). The minimum absolute atomic E-state index is 0.100. The molecule has 118 valence electrons. The van der Waals surface area contributed by atoms with Crippen molar-refractivity contribution in [2.24, 2.45) is 0 Å². The van der Waals surface area contributed by atoms with Crippen molar-refractivity contribution in [3.8, 4) is 0 Å². The number of carbonyl (C=O) groups is 2. The summed E-state index contributed by atoms with van der Waals surface area (Å²) in [6, 6.07) is 2.79. The fraction of sp³-hybridized carbons (Fsp3) is 0.357. The number of ether oxygens (including phenoxy) is 2. The Kier molecular flexibility index (Phi) is 4.27. The number of esters is 1. The Hall–Kier alpha value is -2.28. The number of anilines is 1. The van der Waals surface area contributed by atoms with E-state index in [4.69, 9.17) is 20.8 Å². The highest BCUT2D eigenvalue weighted by Crippen LogP contribution is 2.27. The van der Waals surface area contributed by atoms with Crippen LogP contribution in [-0.4, -0.2) is 29.8 Å². The molecule has 22 heavy (non-hydrogen) atoms. The summed E-state index contributed by atoms with van der Waals surface area (Å²) in [6.07, 6.45) is -0.718. The van der Waals surface area contributed by atoms with Crippen LogP contribution < -0.4 is 5.32 Å². The van der Waals surface area contributed by atoms with Crippen molar-refractivity contribution in [2.75, 3.05) is 12.4 Å². The molecule has 0 aliphatic carbocycles. The van der Waals surface area contributed by atoms with E-state index < -0.39 is 17.7 Å². The Bertz CT molecular complexity index is 733. The van der Waals surface area contributed by atoms with Gasteiger partial charge in [0.2, 0.25) is 0 Å². The van der Waals surface area contributed by atoms with Crippen LogP contribution >= 0.6 is 11.6 Å². The first kappa shape index (κ1) is 16.1. The fourth-order valence-electron chi connectivity index (χ4n) is 1.71. The number of halogens is 1. The molecule has 1 aromatic heterocycles. The minimum atomic E-state index is -0.718. The zero-order valence-electron chi connectivity index (χ0n) is 12.5. The Morgan fingerprint density at radius 3 is 2.59 bits per heavy atom. The summed E-state index contributed by atoms with van der Waals surface area (Å²) >= 11 is 5.92. The van der Waals surface area contributed by atoms with Gasteiger partial charge in [0.05, 0.1) is 12.7 Å². The van der Waals surface area contributed by atoms with Crippen molar-refractivity contribution in [3.63, 3.8) is 0 Å². The zero-order valence-corrected chi connectivity index (χ0v) is 13.3. The van der Waals surface area contributed by atoms with Gasteiger partial charge in [-0.3, -0.25) is 0 Å². The third-order valence-electron chi connectivity index (χ3n) is 2.47. The van der Waals surface area contributed by atoms with Crippen LogP contribution in [0, 0.1) is 0 Å². The first-order valence-corrected chi connectivity index (χ1v) is 6.76. The van der Waals surface area contributed by atoms with E-state index in [1.807, 2.05) is 0 Å². The molecule has 2 rings (SSSR count). The predicted molar refractivity (Wildman–Crippen MR) is 80.2 cm³/mol. The Labute approximate surface area is 131 Å². The van der Waals surface area contributed by atoms with Crippen molar-refractivity contribution in [2.45, 2.75) is 26.4 Å². The molecule has 0 aliphatic rings. The van der Waals surface area contributed by atoms with E-state index in [9.17, 15) is 9.59 Å². The van der Waals surface area contributed by atoms with Gasteiger partial charge in [-0.1, -0.05) is 11.6 Å². The second-order valence-electron chi connectivity index (χ2n) is 5.44. The van der Waals surface area contributed by atoms with Crippen LogP contribution in [0.15, 0.2) is 16.5 Å². The van der Waals surface area contributed by atoms with E-state index in [-0.39, 0.29) is 27.7 Å². The van der Waals surface area contributed by atoms with Gasteiger partial charge in [0.25, 0.3) is 0 Å². The van der Waals surface area contributed by atoms with Gasteiger partial charge < -0.3 is 13.9 Å². The molecule has 0 bridgehead atoms. The maximum Gasteiger partial charge on any atom is 0.415 e. The number of fused-ring (bicyclic) bond motifs is 1. The van der Waals surface area contributed by atoms with E-state index in [0.29, 0.717) is 0 Å². The van der Waals surface area contributed by atoms with Crippen LogP contribution in [0.25, 0.3) is 11.1 Å². The lowest BCUT2D eigenvalue weighted by atomic mass is 10.2. The topological polar surface area (TPSA) is 90.7 Å². The SMILES string of the molecule is COC(=O)c1cc(Cl)cc2oc(NC(=O)OC(C)(C)C)nc12. The molecule has 8 heteroatoms. The highest BCUT2D eigenvalue weighted by Gasteiger charge is 2.21. The summed E-state index contributed by atoms with van der Waals surface area (Å²) < 4.78 is 15.1. The van der Waals surface area contributed by atoms with Gasteiger partial charge in [-0.05, 0) is 26.8 Å². The van der Waals surface area contributed by atoms with Gasteiger partial charge in [-0.15, -0.1) is 0 Å². The predicted octanol–water partition coefficient (Wildman–Crippen LogP) is 3.61. The number of nitrogens with one attached hydrogen (secondary N) is 1. The lowest BCUT2D eigenvalue weighted by molar-refractivity contribution is 0.0600. The molecule has 1 aromatic carbocycles. The van der Waals surface area contributed by atoms with Crippen molar-refractivity contribution >= 4 is 40.8 Å². The van der Waals surface area contributed by atoms with Crippen LogP contribution in [0.2, 0.25) is 5.02 Å². The molecule has 7 nitrogen and oxygen atoms in total. The number of rotatable bonds is 2. The number of nitrogens with zero attached hydrogens (tertiary/aromatic N) is 1. The van der Waals surface area contributed by atoms with E-state index in [0.717, 1.165) is 0 Å². The Balaban J connectivity index is 2.34. The van der Waals surface area contributed by atoms with Gasteiger partial charge in [0, 0.05) is 11.1 Å². The summed E-state index contributed by atoms with van der Waals surface area (Å²) in [6.45, 7) is 5.19. The van der Waals surface area contributed by atoms with Crippen LogP contribution in [0.5, 0.6) is 0 Å². The van der Waals surface area contributed by atoms with Crippen molar-refractivity contribution in [1.29, 1.82) is 0 Å². The number of methoxy groups -OCH3 is 1. The number of aromatic nitrogens is 1. The van der Waals surface area contributed by atoms with Crippen LogP contribution in [-0.2, 0) is 9.47 Å². The lowest BCUT2D eigenvalue weighted by Gasteiger charge is -2.18. The third kappa shape index (κ3) is 3.67. The molecular formula is C14H15ClN2O5. The Morgan fingerprint density at radius 1 is 1.32 bits per heavy atom. The average molecular weight is 327 g/mol. The van der Waals surface area contributed by atoms with Gasteiger partial charge in [-0.25, -0.2) is 14.9 Å². The summed E-state index contributed by atoms with van der Waals surface area (Å²) in [7, 11) is 1.25. The number of carbonyl (C=O) groups excluding carboxylic acids is 2. The molecule has 0 unspecified atom stereocenters. The molecule has 0 radical (unpaired) electrons. The summed E-state index contributed by atoms with van der Waals surface area (Å²) in [4.78, 5) is 27.5. The van der Waals surface area contributed by atoms with Crippen molar-refractivity contribution in [1.82, 2.24) is 4.98 Å². The third-order valence-corrected chi connectivity index (χ3v) is 2.69. The van der Waals surface area contributed by atoms with Gasteiger partial charge >= 0.3 is 18.1 Å². The summed E-state index contributed by atoms with van der Waals surface area (Å²) in [5, 5.41) is 2.64. The van der Waals surface area contributed by atoms with Gasteiger partial charge in [0.1, 0.15) is 11.1 Å². The van der Waals surface area contributed by atoms with Crippen molar-refractivity contribution in [3.05, 3.63) is 22.7 Å². The smallest absolute Gasteiger partial charge is 0.415 e. The molecule has 2 aromatic rings. The van der Waals surface area contributed by atoms with Crippen molar-refractivity contribution < 1.29 is 23.5 Å². The maximum atomic E-state index is 11.7. The first-order chi connectivity index (χ1) is 10.2.